The van der Waals surface area contributed by atoms with Gasteiger partial charge in [0.15, 0.2) is 15.7 Å². The Hall–Kier alpha value is -3.73. The second-order valence-electron chi connectivity index (χ2n) is 5.62. The van der Waals surface area contributed by atoms with Crippen LogP contribution in [0.25, 0.3) is 0 Å². The predicted octanol–water partition coefficient (Wildman–Crippen LogP) is 2.48. The van der Waals surface area contributed by atoms with Gasteiger partial charge in [-0.1, -0.05) is 17.8 Å². The highest BCUT2D eigenvalue weighted by molar-refractivity contribution is 7.90. The number of benzene rings is 1. The minimum Gasteiger partial charge on any atom is -0.363 e. The van der Waals surface area contributed by atoms with Crippen molar-refractivity contribution in [2.24, 2.45) is 0 Å². The van der Waals surface area contributed by atoms with Crippen molar-refractivity contribution in [1.29, 1.82) is 0 Å². The molecule has 28 heavy (non-hydrogen) atoms. The van der Waals surface area contributed by atoms with E-state index in [-0.39, 0.29) is 22.6 Å². The second kappa shape index (κ2) is 7.88. The molecule has 0 saturated heterocycles. The number of sulfone groups is 1. The highest BCUT2D eigenvalue weighted by Gasteiger charge is 2.17. The number of carbonyl (C=O) groups excluding carboxylic acids is 1. The van der Waals surface area contributed by atoms with E-state index >= 15 is 0 Å². The Balaban J connectivity index is 1.93. The van der Waals surface area contributed by atoms with Crippen LogP contribution in [-0.4, -0.2) is 35.7 Å². The molecule has 0 aliphatic rings. The lowest BCUT2D eigenvalue weighted by Gasteiger charge is -2.12. The summed E-state index contributed by atoms with van der Waals surface area (Å²) in [5, 5.41) is 12.0. The van der Waals surface area contributed by atoms with Gasteiger partial charge < -0.3 is 20.5 Å². The minimum absolute atomic E-state index is 0.0728. The third-order valence-corrected chi connectivity index (χ3v) is 4.52. The van der Waals surface area contributed by atoms with Crippen LogP contribution in [0.1, 0.15) is 0 Å². The summed E-state index contributed by atoms with van der Waals surface area (Å²) in [4.78, 5) is 19.6. The first-order chi connectivity index (χ1) is 13.3. The first-order valence-electron chi connectivity index (χ1n) is 7.89. The van der Waals surface area contributed by atoms with Crippen molar-refractivity contribution in [3.8, 4) is 0 Å². The smallest absolute Gasteiger partial charge is 0.247 e. The van der Waals surface area contributed by atoms with E-state index in [9.17, 15) is 13.2 Å². The summed E-state index contributed by atoms with van der Waals surface area (Å²) in [5.74, 6) is -0.144. The lowest BCUT2D eigenvalue weighted by Crippen LogP contribution is -2.09. The molecule has 2 heterocycles. The van der Waals surface area contributed by atoms with Crippen molar-refractivity contribution in [1.82, 2.24) is 15.1 Å². The van der Waals surface area contributed by atoms with Crippen LogP contribution in [0.3, 0.4) is 0 Å². The summed E-state index contributed by atoms with van der Waals surface area (Å²) >= 11 is 0. The van der Waals surface area contributed by atoms with Crippen molar-refractivity contribution in [2.75, 3.05) is 22.2 Å². The molecule has 0 atom stereocenters. The van der Waals surface area contributed by atoms with Gasteiger partial charge in [0.2, 0.25) is 11.9 Å². The van der Waals surface area contributed by atoms with Crippen LogP contribution in [-0.2, 0) is 14.6 Å². The SMILES string of the molecule is C=CC(=O)Nc1cccc(Nc2nc(Nc3cnoc3)ncc2S(C)(=O)=O)c1. The molecule has 2 aromatic heterocycles. The number of hydrogen-bond donors (Lipinski definition) is 3. The summed E-state index contributed by atoms with van der Waals surface area (Å²) in [6.07, 6.45) is 6.18. The lowest BCUT2D eigenvalue weighted by molar-refractivity contribution is -0.111. The molecule has 0 spiro atoms. The van der Waals surface area contributed by atoms with E-state index in [1.165, 1.54) is 18.7 Å². The van der Waals surface area contributed by atoms with E-state index in [0.717, 1.165) is 12.3 Å². The van der Waals surface area contributed by atoms with Crippen molar-refractivity contribution in [3.63, 3.8) is 0 Å². The summed E-state index contributed by atoms with van der Waals surface area (Å²) in [7, 11) is -3.59. The van der Waals surface area contributed by atoms with Crippen LogP contribution in [0.5, 0.6) is 0 Å². The van der Waals surface area contributed by atoms with Gasteiger partial charge in [-0.15, -0.1) is 0 Å². The zero-order valence-corrected chi connectivity index (χ0v) is 15.5. The largest absolute Gasteiger partial charge is 0.363 e. The van der Waals surface area contributed by atoms with E-state index in [1.807, 2.05) is 0 Å². The fourth-order valence-electron chi connectivity index (χ4n) is 2.19. The van der Waals surface area contributed by atoms with Crippen LogP contribution in [0, 0.1) is 0 Å². The molecule has 0 aliphatic carbocycles. The first-order valence-corrected chi connectivity index (χ1v) is 9.78. The number of rotatable bonds is 7. The molecule has 0 aliphatic heterocycles. The molecule has 11 heteroatoms. The Morgan fingerprint density at radius 2 is 1.96 bits per heavy atom. The highest BCUT2D eigenvalue weighted by atomic mass is 32.2. The average Bonchev–Trinajstić information content (AvgIpc) is 3.14. The Kier molecular flexibility index (Phi) is 5.36. The van der Waals surface area contributed by atoms with Gasteiger partial charge in [-0.3, -0.25) is 4.79 Å². The molecule has 3 aromatic rings. The molecular weight excluding hydrogens is 384 g/mol. The van der Waals surface area contributed by atoms with E-state index in [2.05, 4.69) is 37.7 Å². The van der Waals surface area contributed by atoms with E-state index in [4.69, 9.17) is 4.52 Å². The summed E-state index contributed by atoms with van der Waals surface area (Å²) < 4.78 is 28.9. The molecule has 1 aromatic carbocycles. The van der Waals surface area contributed by atoms with E-state index in [0.29, 0.717) is 17.1 Å². The summed E-state index contributed by atoms with van der Waals surface area (Å²) in [6, 6.07) is 6.70. The van der Waals surface area contributed by atoms with Gasteiger partial charge in [0.1, 0.15) is 16.8 Å². The molecule has 0 saturated carbocycles. The third kappa shape index (κ3) is 4.71. The van der Waals surface area contributed by atoms with Gasteiger partial charge >= 0.3 is 0 Å². The molecule has 3 rings (SSSR count). The molecule has 0 unspecified atom stereocenters. The molecule has 1 amide bonds. The highest BCUT2D eigenvalue weighted by Crippen LogP contribution is 2.26. The number of amides is 1. The van der Waals surface area contributed by atoms with E-state index in [1.54, 1.807) is 24.3 Å². The van der Waals surface area contributed by atoms with Crippen LogP contribution in [0.2, 0.25) is 0 Å². The average molecular weight is 400 g/mol. The number of nitrogens with zero attached hydrogens (tertiary/aromatic N) is 3. The van der Waals surface area contributed by atoms with Gasteiger partial charge in [-0.25, -0.2) is 13.4 Å². The van der Waals surface area contributed by atoms with Gasteiger partial charge in [0.05, 0.1) is 12.4 Å². The number of anilines is 5. The normalized spacial score (nSPS) is 10.9. The molecule has 0 bridgehead atoms. The van der Waals surface area contributed by atoms with Gasteiger partial charge in [0, 0.05) is 17.6 Å². The number of aromatic nitrogens is 3. The molecule has 10 nitrogen and oxygen atoms in total. The monoisotopic (exact) mass is 400 g/mol. The van der Waals surface area contributed by atoms with Gasteiger partial charge in [-0.05, 0) is 24.3 Å². The maximum atomic E-state index is 12.1. The van der Waals surface area contributed by atoms with Crippen molar-refractivity contribution < 1.29 is 17.7 Å². The Morgan fingerprint density at radius 3 is 2.64 bits per heavy atom. The topological polar surface area (TPSA) is 139 Å². The van der Waals surface area contributed by atoms with Crippen LogP contribution < -0.4 is 16.0 Å². The predicted molar refractivity (Wildman–Crippen MR) is 103 cm³/mol. The second-order valence-corrected chi connectivity index (χ2v) is 7.60. The number of nitrogens with one attached hydrogen (secondary N) is 3. The third-order valence-electron chi connectivity index (χ3n) is 3.42. The fraction of sp³-hybridized carbons (Fsp3) is 0.0588. The number of carbonyl (C=O) groups is 1. The lowest BCUT2D eigenvalue weighted by atomic mass is 10.2. The van der Waals surface area contributed by atoms with Crippen LogP contribution in [0.4, 0.5) is 28.8 Å². The zero-order chi connectivity index (χ0) is 20.1. The molecule has 144 valence electrons. The van der Waals surface area contributed by atoms with E-state index < -0.39 is 9.84 Å². The standard InChI is InChI=1S/C17H16N6O4S/c1-3-15(24)20-11-5-4-6-12(7-11)21-16-14(28(2,25)26)9-18-17(23-16)22-13-8-19-27-10-13/h3-10H,1H2,2H3,(H,20,24)(H2,18,21,22,23). The minimum atomic E-state index is -3.59. The van der Waals surface area contributed by atoms with Crippen molar-refractivity contribution in [3.05, 3.63) is 55.6 Å². The maximum absolute atomic E-state index is 12.1. The van der Waals surface area contributed by atoms with Crippen LogP contribution in [0.15, 0.2) is 65.0 Å². The van der Waals surface area contributed by atoms with Crippen molar-refractivity contribution in [2.45, 2.75) is 4.90 Å². The Morgan fingerprint density at radius 1 is 1.18 bits per heavy atom. The summed E-state index contributed by atoms with van der Waals surface area (Å²) in [5.41, 5.74) is 1.53. The van der Waals surface area contributed by atoms with Gasteiger partial charge in [0.25, 0.3) is 0 Å². The zero-order valence-electron chi connectivity index (χ0n) is 14.7. The molecule has 3 N–H and O–H groups in total. The molecule has 0 fully saturated rings. The fourth-order valence-corrected chi connectivity index (χ4v) is 2.88. The summed E-state index contributed by atoms with van der Waals surface area (Å²) in [6.45, 7) is 3.40. The maximum Gasteiger partial charge on any atom is 0.247 e. The number of hydrogen-bond acceptors (Lipinski definition) is 9. The first kappa shape index (κ1) is 19.0. The van der Waals surface area contributed by atoms with Crippen LogP contribution >= 0.6 is 0 Å². The quantitative estimate of drug-likeness (QED) is 0.510. The molecule has 0 radical (unpaired) electrons. The van der Waals surface area contributed by atoms with Crippen molar-refractivity contribution >= 4 is 44.6 Å². The molecular formula is C17H16N6O4S. The Bertz CT molecular complexity index is 1110. The Labute approximate surface area is 160 Å². The van der Waals surface area contributed by atoms with Gasteiger partial charge in [-0.2, -0.15) is 4.98 Å².